The monoisotopic (exact) mass is 275 g/mol. The Labute approximate surface area is 116 Å². The van der Waals surface area contributed by atoms with Crippen molar-refractivity contribution in [3.8, 4) is 16.3 Å². The summed E-state index contributed by atoms with van der Waals surface area (Å²) in [5, 5.41) is 8.52. The quantitative estimate of drug-likeness (QED) is 0.650. The molecule has 0 unspecified atom stereocenters. The molecule has 2 rings (SSSR count). The topological polar surface area (TPSA) is 72.0 Å². The number of amidine groups is 1. The first-order valence-electron chi connectivity index (χ1n) is 6.14. The second-order valence-electron chi connectivity index (χ2n) is 4.19. The summed E-state index contributed by atoms with van der Waals surface area (Å²) >= 11 is 1.47. The Morgan fingerprint density at radius 2 is 2.05 bits per heavy atom. The molecule has 0 spiro atoms. The van der Waals surface area contributed by atoms with Crippen LogP contribution in [0, 0.1) is 5.41 Å². The van der Waals surface area contributed by atoms with Crippen LogP contribution in [0.5, 0.6) is 5.75 Å². The van der Waals surface area contributed by atoms with Crippen LogP contribution in [0.2, 0.25) is 0 Å². The number of thiazole rings is 1. The van der Waals surface area contributed by atoms with Gasteiger partial charge in [0.15, 0.2) is 0 Å². The van der Waals surface area contributed by atoms with Gasteiger partial charge in [-0.25, -0.2) is 4.98 Å². The van der Waals surface area contributed by atoms with Gasteiger partial charge >= 0.3 is 0 Å². The number of nitrogens with one attached hydrogen (secondary N) is 1. The Balaban J connectivity index is 2.38. The number of benzene rings is 1. The van der Waals surface area contributed by atoms with Gasteiger partial charge in [-0.2, -0.15) is 0 Å². The lowest BCUT2D eigenvalue weighted by atomic mass is 10.2. The van der Waals surface area contributed by atoms with Crippen molar-refractivity contribution in [3.05, 3.63) is 34.8 Å². The molecule has 4 nitrogen and oxygen atoms in total. The zero-order valence-corrected chi connectivity index (χ0v) is 11.9. The van der Waals surface area contributed by atoms with Crippen molar-refractivity contribution in [3.63, 3.8) is 0 Å². The number of aryl methyl sites for hydroxylation is 1. The number of ether oxygens (including phenoxy) is 1. The Kier molecular flexibility index (Phi) is 4.16. The highest BCUT2D eigenvalue weighted by molar-refractivity contribution is 7.17. The number of methoxy groups -OCH3 is 1. The maximum absolute atomic E-state index is 7.62. The zero-order valence-electron chi connectivity index (χ0n) is 11.1. The van der Waals surface area contributed by atoms with Gasteiger partial charge in [0.1, 0.15) is 16.6 Å². The zero-order chi connectivity index (χ0) is 13.8. The van der Waals surface area contributed by atoms with Gasteiger partial charge in [-0.05, 0) is 30.7 Å². The molecular formula is C14H17N3OS. The highest BCUT2D eigenvalue weighted by Gasteiger charge is 2.14. The number of hydrogen-bond acceptors (Lipinski definition) is 4. The van der Waals surface area contributed by atoms with Gasteiger partial charge in [0, 0.05) is 5.56 Å². The first-order valence-corrected chi connectivity index (χ1v) is 6.96. The summed E-state index contributed by atoms with van der Waals surface area (Å²) in [4.78, 5) is 5.39. The van der Waals surface area contributed by atoms with E-state index in [1.165, 1.54) is 11.3 Å². The molecule has 19 heavy (non-hydrogen) atoms. The largest absolute Gasteiger partial charge is 0.497 e. The molecule has 1 aromatic heterocycles. The van der Waals surface area contributed by atoms with Crippen LogP contribution in [0.25, 0.3) is 10.6 Å². The third kappa shape index (κ3) is 2.93. The van der Waals surface area contributed by atoms with Crippen LogP contribution in [-0.4, -0.2) is 17.9 Å². The normalized spacial score (nSPS) is 10.4. The minimum Gasteiger partial charge on any atom is -0.497 e. The Bertz CT molecular complexity index is 575. The Hall–Kier alpha value is -1.88. The number of nitrogens with two attached hydrogens (primary N) is 1. The second kappa shape index (κ2) is 5.84. The first-order chi connectivity index (χ1) is 9.15. The molecular weight excluding hydrogens is 258 g/mol. The fourth-order valence-corrected chi connectivity index (χ4v) is 2.80. The number of hydrogen-bond donors (Lipinski definition) is 2. The first kappa shape index (κ1) is 13.5. The van der Waals surface area contributed by atoms with Gasteiger partial charge in [-0.15, -0.1) is 11.3 Å². The van der Waals surface area contributed by atoms with Crippen molar-refractivity contribution in [2.45, 2.75) is 19.8 Å². The van der Waals surface area contributed by atoms with Crippen LogP contribution in [0.1, 0.15) is 23.9 Å². The minimum atomic E-state index is 0.0979. The van der Waals surface area contributed by atoms with Crippen LogP contribution in [-0.2, 0) is 6.42 Å². The van der Waals surface area contributed by atoms with Gasteiger partial charge < -0.3 is 10.5 Å². The summed E-state index contributed by atoms with van der Waals surface area (Å²) in [5.74, 6) is 0.918. The summed E-state index contributed by atoms with van der Waals surface area (Å²) < 4.78 is 5.14. The molecule has 2 aromatic rings. The molecule has 1 aromatic carbocycles. The lowest BCUT2D eigenvalue weighted by Crippen LogP contribution is -2.11. The summed E-state index contributed by atoms with van der Waals surface area (Å²) in [6.07, 6.45) is 1.84. The molecule has 0 saturated heterocycles. The van der Waals surface area contributed by atoms with E-state index in [4.69, 9.17) is 15.9 Å². The summed E-state index contributed by atoms with van der Waals surface area (Å²) in [6, 6.07) is 7.75. The van der Waals surface area contributed by atoms with E-state index in [-0.39, 0.29) is 5.84 Å². The van der Waals surface area contributed by atoms with E-state index in [1.54, 1.807) is 7.11 Å². The molecule has 0 bridgehead atoms. The van der Waals surface area contributed by atoms with Crippen molar-refractivity contribution in [1.29, 1.82) is 5.41 Å². The summed E-state index contributed by atoms with van der Waals surface area (Å²) in [7, 11) is 1.64. The number of nitrogens with zero attached hydrogens (tertiary/aromatic N) is 1. The van der Waals surface area contributed by atoms with E-state index >= 15 is 0 Å². The molecule has 0 fully saturated rings. The fourth-order valence-electron chi connectivity index (χ4n) is 1.83. The van der Waals surface area contributed by atoms with Crippen LogP contribution < -0.4 is 10.5 Å². The van der Waals surface area contributed by atoms with Crippen molar-refractivity contribution in [1.82, 2.24) is 4.98 Å². The molecule has 3 N–H and O–H groups in total. The van der Waals surface area contributed by atoms with Crippen molar-refractivity contribution in [2.75, 3.05) is 7.11 Å². The van der Waals surface area contributed by atoms with Crippen LogP contribution in [0.15, 0.2) is 24.3 Å². The van der Waals surface area contributed by atoms with E-state index < -0.39 is 0 Å². The predicted molar refractivity (Wildman–Crippen MR) is 79.1 cm³/mol. The van der Waals surface area contributed by atoms with Crippen molar-refractivity contribution in [2.24, 2.45) is 5.73 Å². The van der Waals surface area contributed by atoms with Gasteiger partial charge in [0.25, 0.3) is 0 Å². The Morgan fingerprint density at radius 1 is 1.37 bits per heavy atom. The van der Waals surface area contributed by atoms with Crippen LogP contribution >= 0.6 is 11.3 Å². The maximum Gasteiger partial charge on any atom is 0.135 e. The van der Waals surface area contributed by atoms with Gasteiger partial charge in [0.2, 0.25) is 0 Å². The molecule has 0 aliphatic carbocycles. The smallest absolute Gasteiger partial charge is 0.135 e. The number of rotatable bonds is 5. The molecule has 5 heteroatoms. The number of nitrogen functional groups attached to an aromatic ring is 1. The van der Waals surface area contributed by atoms with Gasteiger partial charge in [0.05, 0.1) is 17.7 Å². The second-order valence-corrected chi connectivity index (χ2v) is 5.19. The molecule has 0 saturated carbocycles. The highest BCUT2D eigenvalue weighted by atomic mass is 32.1. The van der Waals surface area contributed by atoms with E-state index in [0.717, 1.165) is 39.7 Å². The van der Waals surface area contributed by atoms with Crippen molar-refractivity contribution < 1.29 is 4.74 Å². The molecule has 0 aliphatic rings. The lowest BCUT2D eigenvalue weighted by molar-refractivity contribution is 0.415. The minimum absolute atomic E-state index is 0.0979. The summed E-state index contributed by atoms with van der Waals surface area (Å²) in [6.45, 7) is 2.09. The van der Waals surface area contributed by atoms with E-state index in [0.29, 0.717) is 0 Å². The standard InChI is InChI=1S/C14H17N3OS/c1-3-4-11-12(13(15)16)19-14(17-11)9-5-7-10(18-2)8-6-9/h5-8H,3-4H2,1-2H3,(H3,15,16). The molecule has 0 amide bonds. The lowest BCUT2D eigenvalue weighted by Gasteiger charge is -2.00. The van der Waals surface area contributed by atoms with E-state index in [2.05, 4.69) is 11.9 Å². The molecule has 0 radical (unpaired) electrons. The highest BCUT2D eigenvalue weighted by Crippen LogP contribution is 2.29. The molecule has 0 atom stereocenters. The number of aromatic nitrogens is 1. The third-order valence-corrected chi connectivity index (χ3v) is 3.95. The van der Waals surface area contributed by atoms with Crippen molar-refractivity contribution >= 4 is 17.2 Å². The maximum atomic E-state index is 7.62. The van der Waals surface area contributed by atoms with E-state index in [1.807, 2.05) is 24.3 Å². The summed E-state index contributed by atoms with van der Waals surface area (Å²) in [5.41, 5.74) is 7.56. The molecule has 100 valence electrons. The predicted octanol–water partition coefficient (Wildman–Crippen LogP) is 3.06. The van der Waals surface area contributed by atoms with Gasteiger partial charge in [-0.1, -0.05) is 13.3 Å². The average molecular weight is 275 g/mol. The van der Waals surface area contributed by atoms with Gasteiger partial charge in [-0.3, -0.25) is 5.41 Å². The Morgan fingerprint density at radius 3 is 2.58 bits per heavy atom. The van der Waals surface area contributed by atoms with E-state index in [9.17, 15) is 0 Å². The molecule has 1 heterocycles. The van der Waals surface area contributed by atoms with Crippen LogP contribution in [0.3, 0.4) is 0 Å². The molecule has 0 aliphatic heterocycles. The average Bonchev–Trinajstić information content (AvgIpc) is 2.83. The fraction of sp³-hybridized carbons (Fsp3) is 0.286. The third-order valence-electron chi connectivity index (χ3n) is 2.77. The van der Waals surface area contributed by atoms with Crippen LogP contribution in [0.4, 0.5) is 0 Å². The SMILES string of the molecule is CCCc1nc(-c2ccc(OC)cc2)sc1C(=N)N.